The van der Waals surface area contributed by atoms with E-state index in [1.165, 1.54) is 0 Å². The quantitative estimate of drug-likeness (QED) is 0.0908. The fraction of sp³-hybridized carbons (Fsp3) is 0.667. The molecule has 2 fully saturated rings. The summed E-state index contributed by atoms with van der Waals surface area (Å²) in [5, 5.41) is 8.97. The average Bonchev–Trinajstić information content (AvgIpc) is 3.13. The van der Waals surface area contributed by atoms with Crippen LogP contribution in [0.15, 0.2) is 0 Å². The zero-order valence-electron chi connectivity index (χ0n) is 16.0. The van der Waals surface area contributed by atoms with Gasteiger partial charge >= 0.3 is 5.97 Å². The minimum Gasteiger partial charge on any atom is -0.330 e. The Labute approximate surface area is 180 Å². The third-order valence-electron chi connectivity index (χ3n) is 4.52. The van der Waals surface area contributed by atoms with E-state index in [1.54, 1.807) is 0 Å². The number of imide groups is 2. The molecule has 31 heavy (non-hydrogen) atoms. The van der Waals surface area contributed by atoms with Gasteiger partial charge in [0.2, 0.25) is 5.91 Å². The molecule has 0 bridgehead atoms. The summed E-state index contributed by atoms with van der Waals surface area (Å²) in [5.74, 6) is -4.02. The molecule has 0 spiro atoms. The number of hydrogen-bond acceptors (Lipinski definition) is 12. The molecule has 0 radical (unpaired) electrons. The van der Waals surface area contributed by atoms with Gasteiger partial charge in [-0.25, -0.2) is 10.1 Å². The molecule has 16 heteroatoms. The molecule has 2 N–H and O–H groups in total. The van der Waals surface area contributed by atoms with E-state index in [-0.39, 0.29) is 19.4 Å². The molecular weight excluding hydrogens is 464 g/mol. The second kappa shape index (κ2) is 11.0. The molecule has 4 amide bonds. The summed E-state index contributed by atoms with van der Waals surface area (Å²) in [5.41, 5.74) is 0. The summed E-state index contributed by atoms with van der Waals surface area (Å²) in [6.45, 7) is -0.0103. The zero-order chi connectivity index (χ0) is 23.2. The van der Waals surface area contributed by atoms with Gasteiger partial charge in [0.05, 0.1) is 12.8 Å². The molecule has 2 rings (SSSR count). The van der Waals surface area contributed by atoms with E-state index in [2.05, 4.69) is 9.37 Å². The Bertz CT molecular complexity index is 845. The van der Waals surface area contributed by atoms with Crippen LogP contribution in [-0.4, -0.2) is 74.8 Å². The van der Waals surface area contributed by atoms with Crippen LogP contribution < -0.4 is 0 Å². The highest BCUT2D eigenvalue weighted by Gasteiger charge is 2.45. The molecule has 2 aliphatic rings. The summed E-state index contributed by atoms with van der Waals surface area (Å²) in [6, 6.07) is 0. The molecule has 0 aromatic heterocycles. The fourth-order valence-electron chi connectivity index (χ4n) is 2.98. The SMILES string of the molecule is O=C(CCCCCCN1C(=O)CC(S(=O)(=O)O)C1=O)ON1C(=O)CC(SOOO)C1=O. The first kappa shape index (κ1) is 25.2. The number of carbonyl (C=O) groups is 5. The van der Waals surface area contributed by atoms with Gasteiger partial charge in [0, 0.05) is 25.0 Å². The van der Waals surface area contributed by atoms with Gasteiger partial charge in [-0.2, -0.15) is 8.42 Å². The summed E-state index contributed by atoms with van der Waals surface area (Å²) in [7, 11) is -4.63. The van der Waals surface area contributed by atoms with Crippen molar-refractivity contribution in [3.63, 3.8) is 0 Å². The molecule has 2 heterocycles. The van der Waals surface area contributed by atoms with Gasteiger partial charge in [0.15, 0.2) is 5.25 Å². The summed E-state index contributed by atoms with van der Waals surface area (Å²) in [6.07, 6.45) is 0.707. The van der Waals surface area contributed by atoms with Crippen LogP contribution in [0.3, 0.4) is 0 Å². The van der Waals surface area contributed by atoms with Crippen LogP contribution in [0, 0.1) is 0 Å². The van der Waals surface area contributed by atoms with Crippen molar-refractivity contribution in [2.24, 2.45) is 0 Å². The first-order valence-corrected chi connectivity index (χ1v) is 11.4. The topological polar surface area (TPSA) is 194 Å². The van der Waals surface area contributed by atoms with E-state index in [0.29, 0.717) is 42.8 Å². The van der Waals surface area contributed by atoms with Crippen LogP contribution in [0.25, 0.3) is 0 Å². The normalized spacial score (nSPS) is 22.0. The van der Waals surface area contributed by atoms with E-state index >= 15 is 0 Å². The Kier molecular flexibility index (Phi) is 8.90. The van der Waals surface area contributed by atoms with Crippen LogP contribution in [0.2, 0.25) is 0 Å². The van der Waals surface area contributed by atoms with Crippen LogP contribution in [0.5, 0.6) is 0 Å². The molecule has 0 aromatic rings. The maximum Gasteiger partial charge on any atom is 0.333 e. The Morgan fingerprint density at radius 3 is 2.32 bits per heavy atom. The first-order chi connectivity index (χ1) is 14.6. The molecule has 2 saturated heterocycles. The third kappa shape index (κ3) is 6.68. The largest absolute Gasteiger partial charge is 0.333 e. The van der Waals surface area contributed by atoms with E-state index in [9.17, 15) is 32.4 Å². The van der Waals surface area contributed by atoms with Crippen molar-refractivity contribution in [2.75, 3.05) is 6.54 Å². The molecule has 2 atom stereocenters. The molecule has 2 unspecified atom stereocenters. The first-order valence-electron chi connectivity index (χ1n) is 9.08. The van der Waals surface area contributed by atoms with Crippen LogP contribution >= 0.6 is 12.0 Å². The van der Waals surface area contributed by atoms with E-state index in [1.807, 2.05) is 0 Å². The highest BCUT2D eigenvalue weighted by molar-refractivity contribution is 7.96. The lowest BCUT2D eigenvalue weighted by molar-refractivity contribution is -0.432. The van der Waals surface area contributed by atoms with Gasteiger partial charge in [0.1, 0.15) is 5.25 Å². The van der Waals surface area contributed by atoms with Crippen molar-refractivity contribution in [3.8, 4) is 0 Å². The van der Waals surface area contributed by atoms with Gasteiger partial charge in [0.25, 0.3) is 27.8 Å². The van der Waals surface area contributed by atoms with Gasteiger partial charge in [-0.05, 0) is 12.8 Å². The van der Waals surface area contributed by atoms with Gasteiger partial charge in [-0.3, -0.25) is 28.6 Å². The Hall–Kier alpha value is -2.11. The second-order valence-corrected chi connectivity index (χ2v) is 9.17. The van der Waals surface area contributed by atoms with Crippen molar-refractivity contribution in [3.05, 3.63) is 0 Å². The fourth-order valence-corrected chi connectivity index (χ4v) is 4.23. The van der Waals surface area contributed by atoms with E-state index in [4.69, 9.17) is 14.6 Å². The van der Waals surface area contributed by atoms with Crippen molar-refractivity contribution in [1.29, 1.82) is 0 Å². The number of amides is 4. The number of nitrogens with zero attached hydrogens (tertiary/aromatic N) is 2. The molecular formula is C15H20N2O12S2. The van der Waals surface area contributed by atoms with Gasteiger partial charge in [-0.15, -0.1) is 9.40 Å². The summed E-state index contributed by atoms with van der Waals surface area (Å²) < 4.78 is 35.2. The predicted molar refractivity (Wildman–Crippen MR) is 98.5 cm³/mol. The van der Waals surface area contributed by atoms with Crippen LogP contribution in [0.4, 0.5) is 0 Å². The van der Waals surface area contributed by atoms with Crippen LogP contribution in [0.1, 0.15) is 44.9 Å². The number of likely N-dealkylation sites (tertiary alicyclic amines) is 1. The third-order valence-corrected chi connectivity index (χ3v) is 6.34. The summed E-state index contributed by atoms with van der Waals surface area (Å²) >= 11 is 0.391. The predicted octanol–water partition coefficient (Wildman–Crippen LogP) is -0.393. The van der Waals surface area contributed by atoms with Crippen molar-refractivity contribution in [2.45, 2.75) is 55.4 Å². The lowest BCUT2D eigenvalue weighted by atomic mass is 10.1. The standard InChI is InChI=1S/C15H20N2O12S2/c18-11-8-10(31(24,25)26)15(22)16(11)6-4-2-1-3-5-13(20)27-17-12(19)7-9(14(17)21)30-29-28-23/h9-10,23H,1-8H2,(H,24,25,26). The second-order valence-electron chi connectivity index (χ2n) is 6.68. The monoisotopic (exact) mass is 484 g/mol. The summed E-state index contributed by atoms with van der Waals surface area (Å²) in [4.78, 5) is 64.6. The smallest absolute Gasteiger partial charge is 0.330 e. The van der Waals surface area contributed by atoms with E-state index in [0.717, 1.165) is 4.90 Å². The van der Waals surface area contributed by atoms with Crippen molar-refractivity contribution >= 4 is 51.8 Å². The lowest BCUT2D eigenvalue weighted by Crippen LogP contribution is -2.35. The maximum atomic E-state index is 11.9. The van der Waals surface area contributed by atoms with Crippen LogP contribution in [-0.2, 0) is 48.3 Å². The molecule has 0 aromatic carbocycles. The van der Waals surface area contributed by atoms with Gasteiger partial charge in [-0.1, -0.05) is 17.9 Å². The molecule has 0 saturated carbocycles. The highest BCUT2D eigenvalue weighted by atomic mass is 32.2. The Balaban J connectivity index is 1.64. The molecule has 174 valence electrons. The lowest BCUT2D eigenvalue weighted by Gasteiger charge is -2.14. The number of unbranched alkanes of at least 4 members (excludes halogenated alkanes) is 3. The zero-order valence-corrected chi connectivity index (χ0v) is 17.6. The minimum atomic E-state index is -4.63. The number of hydrogen-bond donors (Lipinski definition) is 2. The van der Waals surface area contributed by atoms with Crippen molar-refractivity contribution in [1.82, 2.24) is 9.96 Å². The Morgan fingerprint density at radius 1 is 1.03 bits per heavy atom. The average molecular weight is 484 g/mol. The van der Waals surface area contributed by atoms with Gasteiger partial charge < -0.3 is 4.84 Å². The Morgan fingerprint density at radius 2 is 1.71 bits per heavy atom. The highest BCUT2D eigenvalue weighted by Crippen LogP contribution is 2.26. The molecule has 0 aliphatic carbocycles. The van der Waals surface area contributed by atoms with E-state index < -0.39 is 56.6 Å². The molecule has 14 nitrogen and oxygen atoms in total. The molecule has 2 aliphatic heterocycles. The minimum absolute atomic E-state index is 0.0103. The maximum absolute atomic E-state index is 11.9. The number of carbonyl (C=O) groups excluding carboxylic acids is 5. The van der Waals surface area contributed by atoms with Crippen molar-refractivity contribution < 1.29 is 56.4 Å². The number of hydroxylamine groups is 2. The number of rotatable bonds is 12.